The van der Waals surface area contributed by atoms with Crippen molar-refractivity contribution in [2.24, 2.45) is 0 Å². The summed E-state index contributed by atoms with van der Waals surface area (Å²) in [5.41, 5.74) is 10.4. The normalized spacial score (nSPS) is 14.4. The van der Waals surface area contributed by atoms with Gasteiger partial charge in [0.05, 0.1) is 35.0 Å². The van der Waals surface area contributed by atoms with Gasteiger partial charge in [0.2, 0.25) is 0 Å². The fraction of sp³-hybridized carbons (Fsp3) is 0.353. The molecule has 0 saturated heterocycles. The molecular weight excluding hydrogens is 718 g/mol. The van der Waals surface area contributed by atoms with E-state index in [2.05, 4.69) is 0 Å². The quantitative estimate of drug-likeness (QED) is 0.305. The summed E-state index contributed by atoms with van der Waals surface area (Å²) in [6, 6.07) is 7.20. The topological polar surface area (TPSA) is 172 Å². The third-order valence-corrected chi connectivity index (χ3v) is 8.48. The van der Waals surface area contributed by atoms with Gasteiger partial charge in [0.25, 0.3) is 0 Å². The molecule has 0 aromatic carbocycles. The number of hydrogen-bond acceptors (Lipinski definition) is 7. The maximum atomic E-state index is 11.5. The summed E-state index contributed by atoms with van der Waals surface area (Å²) in [5, 5.41) is 42.4. The van der Waals surface area contributed by atoms with Gasteiger partial charge in [-0.2, -0.15) is 0 Å². The van der Waals surface area contributed by atoms with Crippen molar-refractivity contribution in [3.63, 3.8) is 0 Å². The van der Waals surface area contributed by atoms with Crippen LogP contribution in [0.5, 0.6) is 0 Å². The van der Waals surface area contributed by atoms with Gasteiger partial charge in [0, 0.05) is 18.0 Å². The summed E-state index contributed by atoms with van der Waals surface area (Å²) in [4.78, 5) is 42.5. The third-order valence-electron chi connectivity index (χ3n) is 8.48. The maximum Gasteiger partial charge on any atom is 3.00 e. The van der Waals surface area contributed by atoms with Crippen molar-refractivity contribution in [1.82, 2.24) is 19.9 Å². The summed E-state index contributed by atoms with van der Waals surface area (Å²) >= 11 is 0. The van der Waals surface area contributed by atoms with E-state index >= 15 is 0 Å². The van der Waals surface area contributed by atoms with Crippen molar-refractivity contribution in [2.75, 3.05) is 0 Å². The molecule has 1 radical (unpaired) electrons. The van der Waals surface area contributed by atoms with Gasteiger partial charge in [0.1, 0.15) is 0 Å². The molecule has 0 aliphatic carbocycles. The molecule has 2 unspecified atom stereocenters. The van der Waals surface area contributed by atoms with Crippen molar-refractivity contribution >= 4 is 56.3 Å². The van der Waals surface area contributed by atoms with Gasteiger partial charge in [-0.3, -0.25) is 4.79 Å². The minimum atomic E-state index is -1.18. The van der Waals surface area contributed by atoms with Crippen LogP contribution in [-0.2, 0) is 16.0 Å². The molecule has 0 saturated carbocycles. The average molecular weight is 753 g/mol. The number of aliphatic carboxylic acids is 2. The second-order valence-electron chi connectivity index (χ2n) is 11.5. The Bertz CT molecular complexity index is 1930. The molecule has 2 aliphatic heterocycles. The molecule has 235 valence electrons. The van der Waals surface area contributed by atoms with Gasteiger partial charge in [-0.05, 0) is 83.1 Å². The second-order valence-corrected chi connectivity index (χ2v) is 11.5. The van der Waals surface area contributed by atoms with Gasteiger partial charge in [-0.25, -0.2) is 9.97 Å². The molecule has 8 bridgehead atoms. The zero-order valence-corrected chi connectivity index (χ0v) is 28.3. The van der Waals surface area contributed by atoms with Crippen LogP contribution in [0.3, 0.4) is 0 Å². The predicted octanol–water partition coefficient (Wildman–Crippen LogP) is 4.03. The van der Waals surface area contributed by atoms with E-state index in [0.29, 0.717) is 61.6 Å². The zero-order chi connectivity index (χ0) is 32.0. The summed E-state index contributed by atoms with van der Waals surface area (Å²) in [7, 11) is 0. The predicted molar refractivity (Wildman–Crippen MR) is 166 cm³/mol. The number of carboxylic acid groups (broad SMARTS) is 2. The van der Waals surface area contributed by atoms with Gasteiger partial charge in [0.15, 0.2) is 0 Å². The fourth-order valence-corrected chi connectivity index (χ4v) is 6.15. The van der Waals surface area contributed by atoms with Crippen LogP contribution < -0.4 is 15.1 Å². The molecule has 10 nitrogen and oxygen atoms in total. The van der Waals surface area contributed by atoms with Crippen LogP contribution in [0.25, 0.3) is 44.4 Å². The Balaban J connectivity index is 0.00000461. The van der Waals surface area contributed by atoms with Crippen molar-refractivity contribution in [2.45, 2.75) is 79.4 Å². The molecule has 3 aromatic heterocycles. The Kier molecular flexibility index (Phi) is 10.5. The van der Waals surface area contributed by atoms with E-state index in [1.165, 1.54) is 0 Å². The number of fused-ring (bicyclic) bond motifs is 8. The molecule has 45 heavy (non-hydrogen) atoms. The molecular formula is C34H35GdN4O6. The second kappa shape index (κ2) is 13.6. The number of carbonyl (C=O) groups is 2. The molecule has 11 heteroatoms. The Hall–Kier alpha value is -3.22. The maximum absolute atomic E-state index is 11.5. The number of allylic oxidation sites excluding steroid dienone is 3. The first-order valence-corrected chi connectivity index (χ1v) is 14.6. The SMILES string of the molecule is CC1=C(CCC(=O)[O-])c2cc3[n-]c(cc4nc(cc5[n-]c(cc1n2)c(C(C)O)c5C)C(C(C)O)=C4C)c(C)c3CCC(=O)O.[Gd+3]. The van der Waals surface area contributed by atoms with Gasteiger partial charge < -0.3 is 35.2 Å². The van der Waals surface area contributed by atoms with E-state index in [9.17, 15) is 30.0 Å². The van der Waals surface area contributed by atoms with Crippen molar-refractivity contribution < 1.29 is 70.0 Å². The number of aliphatic hydroxyl groups is 2. The first-order chi connectivity index (χ1) is 20.8. The number of nitrogens with zero attached hydrogens (tertiary/aromatic N) is 4. The molecule has 3 N–H and O–H groups in total. The van der Waals surface area contributed by atoms with E-state index < -0.39 is 24.1 Å². The van der Waals surface area contributed by atoms with Crippen LogP contribution in [0.2, 0.25) is 0 Å². The Morgan fingerprint density at radius 2 is 1.31 bits per heavy atom. The van der Waals surface area contributed by atoms with Crippen LogP contribution in [0, 0.1) is 53.8 Å². The summed E-state index contributed by atoms with van der Waals surface area (Å²) in [5.74, 6) is -2.12. The molecule has 0 fully saturated rings. The van der Waals surface area contributed by atoms with Crippen molar-refractivity contribution in [3.05, 3.63) is 69.3 Å². The minimum Gasteiger partial charge on any atom is -0.657 e. The molecule has 0 amide bonds. The van der Waals surface area contributed by atoms with Gasteiger partial charge >= 0.3 is 45.9 Å². The molecule has 0 spiro atoms. The van der Waals surface area contributed by atoms with E-state index in [1.807, 2.05) is 39.8 Å². The van der Waals surface area contributed by atoms with Crippen LogP contribution >= 0.6 is 0 Å². The van der Waals surface area contributed by atoms with Crippen LogP contribution in [0.15, 0.2) is 24.3 Å². The van der Waals surface area contributed by atoms with Gasteiger partial charge in [-0.1, -0.05) is 41.0 Å². The Morgan fingerprint density at radius 3 is 1.93 bits per heavy atom. The van der Waals surface area contributed by atoms with Crippen LogP contribution in [-0.4, -0.2) is 43.3 Å². The van der Waals surface area contributed by atoms with Crippen molar-refractivity contribution in [1.29, 1.82) is 0 Å². The standard InChI is InChI=1S/C34H38N4O6.Gd/c1-15-21(7-9-31(41)42)27-14-28-22(8-10-32(43)44)16(2)24(36-28)12-29-34(20(6)40)18(4)26(38-29)13-30-33(19(5)39)17(3)25(37-30)11-23(15)35-27;/h11-14,19-20,39-40H,7-10H2,1-6H3,(H4,35,36,37,38,41,42,43,44);/q;+3/p-3. The molecule has 2 aliphatic rings. The van der Waals surface area contributed by atoms with E-state index in [-0.39, 0.29) is 65.6 Å². The summed E-state index contributed by atoms with van der Waals surface area (Å²) in [6.07, 6.45) is -1.52. The number of carboxylic acids is 2. The fourth-order valence-electron chi connectivity index (χ4n) is 6.15. The van der Waals surface area contributed by atoms with Crippen LogP contribution in [0.4, 0.5) is 0 Å². The van der Waals surface area contributed by atoms with Crippen molar-refractivity contribution in [3.8, 4) is 0 Å². The minimum absolute atomic E-state index is 0. The molecule has 5 rings (SSSR count). The number of carbonyl (C=O) groups excluding carboxylic acids is 1. The van der Waals surface area contributed by atoms with Crippen LogP contribution in [0.1, 0.15) is 98.1 Å². The number of rotatable bonds is 8. The number of hydrogen-bond donors (Lipinski definition) is 3. The summed E-state index contributed by atoms with van der Waals surface area (Å²) in [6.45, 7) is 10.9. The molecule has 3 aromatic rings. The molecule has 5 heterocycles. The number of aliphatic hydroxyl groups excluding tert-OH is 2. The third kappa shape index (κ3) is 6.83. The average Bonchev–Trinajstić information content (AvgIpc) is 3.59. The summed E-state index contributed by atoms with van der Waals surface area (Å²) < 4.78 is 0. The van der Waals surface area contributed by atoms with E-state index in [0.717, 1.165) is 27.8 Å². The smallest absolute Gasteiger partial charge is 0.657 e. The first kappa shape index (κ1) is 34.7. The molecule has 2 atom stereocenters. The van der Waals surface area contributed by atoms with E-state index in [1.54, 1.807) is 26.0 Å². The monoisotopic (exact) mass is 753 g/mol. The largest absolute Gasteiger partial charge is 3.00 e. The van der Waals surface area contributed by atoms with E-state index in [4.69, 9.17) is 19.9 Å². The van der Waals surface area contributed by atoms with Gasteiger partial charge in [-0.15, -0.1) is 22.1 Å². The number of aryl methyl sites for hydroxylation is 3. The Labute approximate surface area is 293 Å². The number of aromatic nitrogens is 4. The zero-order valence-electron chi connectivity index (χ0n) is 26.0. The first-order valence-electron chi connectivity index (χ1n) is 14.6. The Morgan fingerprint density at radius 1 is 0.756 bits per heavy atom.